The predicted octanol–water partition coefficient (Wildman–Crippen LogP) is 2.83. The third-order valence-corrected chi connectivity index (χ3v) is 2.86. The molecular weight excluding hydrogens is 136 g/mol. The SMILES string of the molecule is CCC(C)(CC)CC(C)CO. The molecule has 11 heavy (non-hydrogen) atoms. The molecule has 68 valence electrons. The smallest absolute Gasteiger partial charge is 0.0456 e. The van der Waals surface area contributed by atoms with Gasteiger partial charge in [-0.25, -0.2) is 0 Å². The molecule has 0 aromatic carbocycles. The van der Waals surface area contributed by atoms with Gasteiger partial charge in [0.2, 0.25) is 0 Å². The average Bonchev–Trinajstić information content (AvgIpc) is 2.04. The summed E-state index contributed by atoms with van der Waals surface area (Å²) < 4.78 is 0. The molecule has 1 unspecified atom stereocenters. The molecule has 1 heteroatoms. The molecule has 0 heterocycles. The molecule has 0 saturated heterocycles. The van der Waals surface area contributed by atoms with E-state index >= 15 is 0 Å². The fourth-order valence-corrected chi connectivity index (χ4v) is 1.44. The largest absolute Gasteiger partial charge is 0.396 e. The Kier molecular flexibility index (Phi) is 4.74. The van der Waals surface area contributed by atoms with Crippen LogP contribution in [0.15, 0.2) is 0 Å². The average molecular weight is 158 g/mol. The fraction of sp³-hybridized carbons (Fsp3) is 1.00. The Hall–Kier alpha value is -0.0400. The summed E-state index contributed by atoms with van der Waals surface area (Å²) in [6, 6.07) is 0. The van der Waals surface area contributed by atoms with Gasteiger partial charge in [0.05, 0.1) is 0 Å². The zero-order valence-electron chi connectivity index (χ0n) is 8.35. The Morgan fingerprint density at radius 3 is 2.00 bits per heavy atom. The third kappa shape index (κ3) is 3.76. The number of aliphatic hydroxyl groups is 1. The van der Waals surface area contributed by atoms with Crippen LogP contribution in [0.4, 0.5) is 0 Å². The van der Waals surface area contributed by atoms with E-state index in [1.807, 2.05) is 0 Å². The summed E-state index contributed by atoms with van der Waals surface area (Å²) in [5.74, 6) is 0.458. The molecule has 0 spiro atoms. The summed E-state index contributed by atoms with van der Waals surface area (Å²) >= 11 is 0. The van der Waals surface area contributed by atoms with E-state index in [0.29, 0.717) is 17.9 Å². The number of rotatable bonds is 5. The molecule has 0 amide bonds. The van der Waals surface area contributed by atoms with Gasteiger partial charge >= 0.3 is 0 Å². The molecule has 0 aliphatic heterocycles. The van der Waals surface area contributed by atoms with Crippen LogP contribution in [0.2, 0.25) is 0 Å². The van der Waals surface area contributed by atoms with Crippen molar-refractivity contribution in [1.29, 1.82) is 0 Å². The van der Waals surface area contributed by atoms with Crippen molar-refractivity contribution in [2.24, 2.45) is 11.3 Å². The lowest BCUT2D eigenvalue weighted by molar-refractivity contribution is 0.163. The predicted molar refractivity (Wildman–Crippen MR) is 49.6 cm³/mol. The molecule has 1 nitrogen and oxygen atoms in total. The minimum atomic E-state index is 0.329. The highest BCUT2D eigenvalue weighted by molar-refractivity contribution is 4.73. The molecule has 1 atom stereocenters. The molecular formula is C10H22O. The number of hydrogen-bond donors (Lipinski definition) is 1. The normalized spacial score (nSPS) is 15.0. The lowest BCUT2D eigenvalue weighted by atomic mass is 9.77. The van der Waals surface area contributed by atoms with Crippen molar-refractivity contribution in [2.75, 3.05) is 6.61 Å². The zero-order valence-corrected chi connectivity index (χ0v) is 8.35. The van der Waals surface area contributed by atoms with Crippen LogP contribution in [0.5, 0.6) is 0 Å². The minimum absolute atomic E-state index is 0.329. The maximum atomic E-state index is 8.89. The van der Waals surface area contributed by atoms with Gasteiger partial charge in [-0.05, 0) is 17.8 Å². The molecule has 0 aliphatic rings. The first-order valence-corrected chi connectivity index (χ1v) is 4.68. The minimum Gasteiger partial charge on any atom is -0.396 e. The van der Waals surface area contributed by atoms with Crippen molar-refractivity contribution in [3.05, 3.63) is 0 Å². The molecule has 0 saturated carbocycles. The maximum absolute atomic E-state index is 8.89. The van der Waals surface area contributed by atoms with Crippen LogP contribution in [0.25, 0.3) is 0 Å². The van der Waals surface area contributed by atoms with E-state index in [4.69, 9.17) is 5.11 Å². The topological polar surface area (TPSA) is 20.2 Å². The highest BCUT2D eigenvalue weighted by atomic mass is 16.3. The van der Waals surface area contributed by atoms with Crippen LogP contribution < -0.4 is 0 Å². The lowest BCUT2D eigenvalue weighted by Crippen LogP contribution is -2.19. The maximum Gasteiger partial charge on any atom is 0.0456 e. The summed E-state index contributed by atoms with van der Waals surface area (Å²) in [4.78, 5) is 0. The first-order chi connectivity index (χ1) is 5.08. The lowest BCUT2D eigenvalue weighted by Gasteiger charge is -2.29. The Balaban J connectivity index is 3.86. The molecule has 0 bridgehead atoms. The van der Waals surface area contributed by atoms with Gasteiger partial charge in [-0.1, -0.05) is 40.5 Å². The van der Waals surface area contributed by atoms with E-state index in [1.165, 1.54) is 12.8 Å². The summed E-state index contributed by atoms with van der Waals surface area (Å²) in [7, 11) is 0. The van der Waals surface area contributed by atoms with Crippen LogP contribution in [0.1, 0.15) is 47.0 Å². The van der Waals surface area contributed by atoms with Crippen molar-refractivity contribution in [3.8, 4) is 0 Å². The quantitative estimate of drug-likeness (QED) is 0.652. The molecule has 0 aromatic heterocycles. The zero-order chi connectivity index (χ0) is 8.91. The van der Waals surface area contributed by atoms with Crippen molar-refractivity contribution in [2.45, 2.75) is 47.0 Å². The molecule has 0 aromatic rings. The van der Waals surface area contributed by atoms with Crippen LogP contribution in [0.3, 0.4) is 0 Å². The van der Waals surface area contributed by atoms with E-state index in [0.717, 1.165) is 6.42 Å². The summed E-state index contributed by atoms with van der Waals surface area (Å²) in [5, 5.41) is 8.89. The van der Waals surface area contributed by atoms with Crippen molar-refractivity contribution in [3.63, 3.8) is 0 Å². The van der Waals surface area contributed by atoms with Crippen molar-refractivity contribution in [1.82, 2.24) is 0 Å². The van der Waals surface area contributed by atoms with E-state index in [2.05, 4.69) is 27.7 Å². The fourth-order valence-electron chi connectivity index (χ4n) is 1.44. The van der Waals surface area contributed by atoms with Crippen molar-refractivity contribution >= 4 is 0 Å². The standard InChI is InChI=1S/C10H22O/c1-5-10(4,6-2)7-9(3)8-11/h9,11H,5-8H2,1-4H3. The van der Waals surface area contributed by atoms with E-state index < -0.39 is 0 Å². The Morgan fingerprint density at radius 2 is 1.73 bits per heavy atom. The molecule has 0 rings (SSSR count). The van der Waals surface area contributed by atoms with E-state index in [9.17, 15) is 0 Å². The summed E-state index contributed by atoms with van der Waals surface area (Å²) in [6.07, 6.45) is 3.58. The Morgan fingerprint density at radius 1 is 1.27 bits per heavy atom. The number of hydrogen-bond acceptors (Lipinski definition) is 1. The van der Waals surface area contributed by atoms with Gasteiger partial charge in [-0.2, -0.15) is 0 Å². The monoisotopic (exact) mass is 158 g/mol. The highest BCUT2D eigenvalue weighted by Gasteiger charge is 2.21. The molecule has 0 aliphatic carbocycles. The van der Waals surface area contributed by atoms with Gasteiger partial charge in [0.1, 0.15) is 0 Å². The van der Waals surface area contributed by atoms with Crippen molar-refractivity contribution < 1.29 is 5.11 Å². The Bertz CT molecular complexity index is 95.0. The van der Waals surface area contributed by atoms with Gasteiger partial charge in [0.15, 0.2) is 0 Å². The first-order valence-electron chi connectivity index (χ1n) is 4.68. The molecule has 0 fully saturated rings. The van der Waals surface area contributed by atoms with Gasteiger partial charge in [0, 0.05) is 6.61 Å². The van der Waals surface area contributed by atoms with E-state index in [1.54, 1.807) is 0 Å². The van der Waals surface area contributed by atoms with Crippen LogP contribution in [-0.2, 0) is 0 Å². The number of aliphatic hydroxyl groups excluding tert-OH is 1. The second-order valence-electron chi connectivity index (χ2n) is 4.01. The molecule has 0 radical (unpaired) electrons. The third-order valence-electron chi connectivity index (χ3n) is 2.86. The molecule has 1 N–H and O–H groups in total. The van der Waals surface area contributed by atoms with E-state index in [-0.39, 0.29) is 0 Å². The summed E-state index contributed by atoms with van der Waals surface area (Å²) in [5.41, 5.74) is 0.447. The van der Waals surface area contributed by atoms with Gasteiger partial charge in [-0.3, -0.25) is 0 Å². The van der Waals surface area contributed by atoms with Crippen LogP contribution >= 0.6 is 0 Å². The first kappa shape index (κ1) is 11.0. The van der Waals surface area contributed by atoms with Crippen LogP contribution in [-0.4, -0.2) is 11.7 Å². The van der Waals surface area contributed by atoms with Gasteiger partial charge in [-0.15, -0.1) is 0 Å². The van der Waals surface area contributed by atoms with Gasteiger partial charge < -0.3 is 5.11 Å². The van der Waals surface area contributed by atoms with Gasteiger partial charge in [0.25, 0.3) is 0 Å². The van der Waals surface area contributed by atoms with Crippen LogP contribution in [0, 0.1) is 11.3 Å². The Labute approximate surface area is 70.8 Å². The second-order valence-corrected chi connectivity index (χ2v) is 4.01. The highest BCUT2D eigenvalue weighted by Crippen LogP contribution is 2.32. The second kappa shape index (κ2) is 4.76. The summed E-state index contributed by atoms with van der Waals surface area (Å²) in [6.45, 7) is 9.21.